The largest absolute Gasteiger partial charge is 0.480 e. The molecule has 0 spiro atoms. The maximum Gasteiger partial charge on any atom is 0.326 e. The standard InChI is InChI=1S/C21H33N7O6/c1-11(2)17(21(33)34)27-19(31)15-4-3-7-28(15)20(32)14(8-12-9-24-10-25-12)26-18(30)13(22)5-6-16(23)29/h9-11,13-15,17H,3-8,22H2,1-2H3,(H2,23,29)(H,24,25)(H,26,30)(H,27,31)(H,33,34). The molecule has 188 valence electrons. The third-order valence-corrected chi connectivity index (χ3v) is 5.70. The van der Waals surface area contributed by atoms with E-state index < -0.39 is 53.8 Å². The molecule has 13 heteroatoms. The van der Waals surface area contributed by atoms with Gasteiger partial charge in [-0.15, -0.1) is 0 Å². The molecular formula is C21H33N7O6. The average molecular weight is 480 g/mol. The van der Waals surface area contributed by atoms with Crippen molar-refractivity contribution in [2.45, 2.75) is 70.1 Å². The third-order valence-electron chi connectivity index (χ3n) is 5.70. The second-order valence-corrected chi connectivity index (χ2v) is 8.71. The van der Waals surface area contributed by atoms with E-state index in [0.29, 0.717) is 18.5 Å². The molecule has 4 unspecified atom stereocenters. The molecule has 1 aromatic heterocycles. The van der Waals surface area contributed by atoms with Gasteiger partial charge in [-0.05, 0) is 25.2 Å². The van der Waals surface area contributed by atoms with Gasteiger partial charge in [0.2, 0.25) is 23.6 Å². The number of aromatic nitrogens is 2. The number of carbonyl (C=O) groups excluding carboxylic acids is 4. The van der Waals surface area contributed by atoms with Gasteiger partial charge in [0.25, 0.3) is 0 Å². The Hall–Kier alpha value is -3.48. The Labute approximate surface area is 197 Å². The molecule has 1 saturated heterocycles. The Balaban J connectivity index is 2.16. The summed E-state index contributed by atoms with van der Waals surface area (Å²) >= 11 is 0. The van der Waals surface area contributed by atoms with Crippen LogP contribution in [0.5, 0.6) is 0 Å². The van der Waals surface area contributed by atoms with Crippen LogP contribution < -0.4 is 22.1 Å². The summed E-state index contributed by atoms with van der Waals surface area (Å²) in [6.07, 6.45) is 3.86. The molecular weight excluding hydrogens is 446 g/mol. The van der Waals surface area contributed by atoms with Gasteiger partial charge in [0.15, 0.2) is 0 Å². The lowest BCUT2D eigenvalue weighted by Gasteiger charge is -2.30. The van der Waals surface area contributed by atoms with E-state index in [2.05, 4.69) is 20.6 Å². The molecule has 0 radical (unpaired) electrons. The Bertz CT molecular complexity index is 888. The fraction of sp³-hybridized carbons (Fsp3) is 0.619. The van der Waals surface area contributed by atoms with Crippen molar-refractivity contribution < 1.29 is 29.1 Å². The number of carbonyl (C=O) groups is 5. The topological polar surface area (TPSA) is 214 Å². The van der Waals surface area contributed by atoms with Crippen LogP contribution >= 0.6 is 0 Å². The number of carboxylic acid groups (broad SMARTS) is 1. The molecule has 1 aliphatic heterocycles. The van der Waals surface area contributed by atoms with Crippen molar-refractivity contribution in [1.82, 2.24) is 25.5 Å². The number of hydrogen-bond acceptors (Lipinski definition) is 7. The highest BCUT2D eigenvalue weighted by Crippen LogP contribution is 2.20. The third kappa shape index (κ3) is 7.27. The summed E-state index contributed by atoms with van der Waals surface area (Å²) in [5.74, 6) is -3.80. The van der Waals surface area contributed by atoms with E-state index in [-0.39, 0.29) is 31.7 Å². The van der Waals surface area contributed by atoms with Gasteiger partial charge in [-0.3, -0.25) is 19.2 Å². The molecule has 13 nitrogen and oxygen atoms in total. The van der Waals surface area contributed by atoms with Crippen LogP contribution in [0.2, 0.25) is 0 Å². The second-order valence-electron chi connectivity index (χ2n) is 8.71. The predicted molar refractivity (Wildman–Crippen MR) is 120 cm³/mol. The number of H-pyrrole nitrogens is 1. The molecule has 2 rings (SSSR count). The first-order valence-corrected chi connectivity index (χ1v) is 11.2. The number of nitrogens with one attached hydrogen (secondary N) is 3. The zero-order valence-electron chi connectivity index (χ0n) is 19.3. The van der Waals surface area contributed by atoms with E-state index >= 15 is 0 Å². The zero-order valence-corrected chi connectivity index (χ0v) is 19.3. The van der Waals surface area contributed by atoms with Gasteiger partial charge in [0.05, 0.1) is 12.4 Å². The van der Waals surface area contributed by atoms with Gasteiger partial charge in [0.1, 0.15) is 18.1 Å². The number of imidazole rings is 1. The van der Waals surface area contributed by atoms with Crippen molar-refractivity contribution in [1.29, 1.82) is 0 Å². The highest BCUT2D eigenvalue weighted by Gasteiger charge is 2.39. The maximum atomic E-state index is 13.4. The van der Waals surface area contributed by atoms with Crippen LogP contribution in [0, 0.1) is 5.92 Å². The number of nitrogens with two attached hydrogens (primary N) is 2. The molecule has 0 saturated carbocycles. The highest BCUT2D eigenvalue weighted by molar-refractivity contribution is 5.94. The second kappa shape index (κ2) is 12.1. The summed E-state index contributed by atoms with van der Waals surface area (Å²) in [6, 6.07) is -4.06. The number of amides is 4. The molecule has 0 aliphatic carbocycles. The number of aliphatic carboxylic acids is 1. The maximum absolute atomic E-state index is 13.4. The van der Waals surface area contributed by atoms with Crippen molar-refractivity contribution in [3.63, 3.8) is 0 Å². The van der Waals surface area contributed by atoms with Gasteiger partial charge >= 0.3 is 5.97 Å². The summed E-state index contributed by atoms with van der Waals surface area (Å²) in [4.78, 5) is 69.5. The van der Waals surface area contributed by atoms with Crippen molar-refractivity contribution in [2.75, 3.05) is 6.54 Å². The van der Waals surface area contributed by atoms with Gasteiger partial charge in [-0.25, -0.2) is 9.78 Å². The van der Waals surface area contributed by atoms with Gasteiger partial charge in [0, 0.05) is 31.3 Å². The first-order valence-electron chi connectivity index (χ1n) is 11.2. The molecule has 0 bridgehead atoms. The molecule has 4 amide bonds. The van der Waals surface area contributed by atoms with Crippen molar-refractivity contribution >= 4 is 29.6 Å². The summed E-state index contributed by atoms with van der Waals surface area (Å²) in [6.45, 7) is 3.63. The number of hydrogen-bond donors (Lipinski definition) is 6. The molecule has 1 aliphatic rings. The monoisotopic (exact) mass is 479 g/mol. The van der Waals surface area contributed by atoms with Crippen LogP contribution in [0.15, 0.2) is 12.5 Å². The zero-order chi connectivity index (χ0) is 25.4. The van der Waals surface area contributed by atoms with Crippen LogP contribution in [0.4, 0.5) is 0 Å². The SMILES string of the molecule is CC(C)C(NC(=O)C1CCCN1C(=O)C(Cc1cnc[nH]1)NC(=O)C(N)CCC(N)=O)C(=O)O. The predicted octanol–water partition coefficient (Wildman–Crippen LogP) is -1.75. The minimum Gasteiger partial charge on any atom is -0.480 e. The van der Waals surface area contributed by atoms with Gasteiger partial charge < -0.3 is 37.1 Å². The molecule has 1 fully saturated rings. The fourth-order valence-electron chi connectivity index (χ4n) is 3.79. The lowest BCUT2D eigenvalue weighted by molar-refractivity contribution is -0.145. The molecule has 8 N–H and O–H groups in total. The van der Waals surface area contributed by atoms with Crippen LogP contribution in [0.25, 0.3) is 0 Å². The van der Waals surface area contributed by atoms with Crippen LogP contribution in [0.3, 0.4) is 0 Å². The first kappa shape index (κ1) is 26.8. The number of rotatable bonds is 12. The number of carboxylic acids is 1. The van der Waals surface area contributed by atoms with E-state index in [1.807, 2.05) is 0 Å². The van der Waals surface area contributed by atoms with E-state index in [1.54, 1.807) is 13.8 Å². The number of nitrogens with zero attached hydrogens (tertiary/aromatic N) is 2. The Morgan fingerprint density at radius 2 is 1.97 bits per heavy atom. The normalized spacial score (nSPS) is 18.2. The molecule has 4 atom stereocenters. The van der Waals surface area contributed by atoms with E-state index in [9.17, 15) is 29.1 Å². The first-order chi connectivity index (χ1) is 16.0. The summed E-state index contributed by atoms with van der Waals surface area (Å²) < 4.78 is 0. The highest BCUT2D eigenvalue weighted by atomic mass is 16.4. The number of primary amides is 1. The van der Waals surface area contributed by atoms with Crippen LogP contribution in [-0.2, 0) is 30.4 Å². The smallest absolute Gasteiger partial charge is 0.326 e. The molecule has 34 heavy (non-hydrogen) atoms. The van der Waals surface area contributed by atoms with Crippen molar-refractivity contribution in [2.24, 2.45) is 17.4 Å². The fourth-order valence-corrected chi connectivity index (χ4v) is 3.79. The number of likely N-dealkylation sites (tertiary alicyclic amines) is 1. The Morgan fingerprint density at radius 3 is 2.53 bits per heavy atom. The molecule has 2 heterocycles. The average Bonchev–Trinajstić information content (AvgIpc) is 3.46. The quantitative estimate of drug-likeness (QED) is 0.202. The van der Waals surface area contributed by atoms with E-state index in [0.717, 1.165) is 0 Å². The van der Waals surface area contributed by atoms with Crippen molar-refractivity contribution in [3.05, 3.63) is 18.2 Å². The summed E-state index contributed by atoms with van der Waals surface area (Å²) in [7, 11) is 0. The lowest BCUT2D eigenvalue weighted by atomic mass is 10.0. The Kier molecular flexibility index (Phi) is 9.54. The minimum absolute atomic E-state index is 0.0205. The number of aromatic amines is 1. The molecule has 1 aromatic rings. The van der Waals surface area contributed by atoms with E-state index in [1.165, 1.54) is 17.4 Å². The van der Waals surface area contributed by atoms with E-state index in [4.69, 9.17) is 11.5 Å². The lowest BCUT2D eigenvalue weighted by Crippen LogP contribution is -2.57. The minimum atomic E-state index is -1.16. The summed E-state index contributed by atoms with van der Waals surface area (Å²) in [5.41, 5.74) is 11.5. The van der Waals surface area contributed by atoms with Crippen LogP contribution in [0.1, 0.15) is 45.2 Å². The summed E-state index contributed by atoms with van der Waals surface area (Å²) in [5, 5.41) is 14.5. The van der Waals surface area contributed by atoms with Gasteiger partial charge in [-0.2, -0.15) is 0 Å². The van der Waals surface area contributed by atoms with Crippen LogP contribution in [-0.4, -0.2) is 80.3 Å². The Morgan fingerprint density at radius 1 is 1.26 bits per heavy atom. The van der Waals surface area contributed by atoms with Gasteiger partial charge in [-0.1, -0.05) is 13.8 Å². The van der Waals surface area contributed by atoms with Crippen molar-refractivity contribution in [3.8, 4) is 0 Å². The molecule has 0 aromatic carbocycles.